The van der Waals surface area contributed by atoms with Crippen molar-refractivity contribution in [1.82, 2.24) is 0 Å². The van der Waals surface area contributed by atoms with Crippen molar-refractivity contribution in [1.29, 1.82) is 0 Å². The summed E-state index contributed by atoms with van der Waals surface area (Å²) >= 11 is 0. The van der Waals surface area contributed by atoms with Crippen molar-refractivity contribution in [2.45, 2.75) is 45.6 Å². The second-order valence-electron chi connectivity index (χ2n) is 6.26. The van der Waals surface area contributed by atoms with Gasteiger partial charge in [-0.15, -0.1) is 0 Å². The first-order chi connectivity index (χ1) is 6.68. The summed E-state index contributed by atoms with van der Waals surface area (Å²) in [4.78, 5) is 0. The minimum absolute atomic E-state index is 0.0217. The third kappa shape index (κ3) is 1.18. The fraction of sp³-hybridized carbons (Fsp3) is 1.00. The highest BCUT2D eigenvalue weighted by molar-refractivity contribution is 5.14. The van der Waals surface area contributed by atoms with Crippen LogP contribution in [-0.2, 0) is 0 Å². The van der Waals surface area contributed by atoms with Crippen molar-refractivity contribution >= 4 is 0 Å². The van der Waals surface area contributed by atoms with Gasteiger partial charge in [-0.2, -0.15) is 0 Å². The zero-order valence-electron chi connectivity index (χ0n) is 9.32. The molecule has 5 unspecified atom stereocenters. The van der Waals surface area contributed by atoms with Gasteiger partial charge < -0.3 is 5.11 Å². The molecule has 1 nitrogen and oxygen atoms in total. The number of aliphatic hydroxyl groups is 1. The van der Waals surface area contributed by atoms with Crippen LogP contribution in [0.4, 0.5) is 0 Å². The lowest BCUT2D eigenvalue weighted by atomic mass is 9.94. The molecule has 2 bridgehead atoms. The molecule has 3 aliphatic carbocycles. The van der Waals surface area contributed by atoms with Gasteiger partial charge in [-0.3, -0.25) is 0 Å². The highest BCUT2D eigenvalue weighted by atomic mass is 16.3. The van der Waals surface area contributed by atoms with Crippen LogP contribution in [0.2, 0.25) is 0 Å². The lowest BCUT2D eigenvalue weighted by Crippen LogP contribution is -2.17. The maximum absolute atomic E-state index is 10.1. The molecule has 0 heterocycles. The first-order valence-electron chi connectivity index (χ1n) is 6.36. The van der Waals surface area contributed by atoms with Crippen molar-refractivity contribution in [2.75, 3.05) is 0 Å². The van der Waals surface area contributed by atoms with Crippen LogP contribution in [0, 0.1) is 35.5 Å². The molecule has 0 aromatic rings. The predicted octanol–water partition coefficient (Wildman–Crippen LogP) is 2.69. The maximum Gasteiger partial charge on any atom is 0.0576 e. The normalized spacial score (nSPS) is 51.0. The third-order valence-electron chi connectivity index (χ3n) is 4.95. The molecular formula is C13H22O. The average Bonchev–Trinajstić information content (AvgIpc) is 2.56. The molecule has 5 atom stereocenters. The molecule has 0 saturated heterocycles. The number of aliphatic hydroxyl groups excluding tert-OH is 1. The van der Waals surface area contributed by atoms with Crippen LogP contribution in [-0.4, -0.2) is 11.2 Å². The Balaban J connectivity index is 1.62. The monoisotopic (exact) mass is 194 g/mol. The van der Waals surface area contributed by atoms with E-state index in [1.54, 1.807) is 0 Å². The number of rotatable bonds is 3. The van der Waals surface area contributed by atoms with Gasteiger partial charge >= 0.3 is 0 Å². The zero-order valence-corrected chi connectivity index (χ0v) is 9.32. The molecule has 0 aromatic heterocycles. The van der Waals surface area contributed by atoms with Crippen LogP contribution >= 0.6 is 0 Å². The Bertz CT molecular complexity index is 219. The first-order valence-corrected chi connectivity index (χ1v) is 6.36. The van der Waals surface area contributed by atoms with Crippen molar-refractivity contribution < 1.29 is 5.11 Å². The molecule has 14 heavy (non-hydrogen) atoms. The fourth-order valence-corrected chi connectivity index (χ4v) is 4.55. The molecule has 3 rings (SSSR count). The topological polar surface area (TPSA) is 20.2 Å². The fourth-order valence-electron chi connectivity index (χ4n) is 4.55. The summed E-state index contributed by atoms with van der Waals surface area (Å²) in [5.41, 5.74) is 0. The smallest absolute Gasteiger partial charge is 0.0576 e. The van der Waals surface area contributed by atoms with Crippen LogP contribution < -0.4 is 0 Å². The van der Waals surface area contributed by atoms with Crippen LogP contribution in [0.1, 0.15) is 39.5 Å². The second kappa shape index (κ2) is 2.98. The largest absolute Gasteiger partial charge is 0.393 e. The number of hydrogen-bond acceptors (Lipinski definition) is 1. The molecule has 1 heteroatoms. The summed E-state index contributed by atoms with van der Waals surface area (Å²) in [7, 11) is 0. The average molecular weight is 194 g/mol. The van der Waals surface area contributed by atoms with Gasteiger partial charge in [0.25, 0.3) is 0 Å². The maximum atomic E-state index is 10.1. The van der Waals surface area contributed by atoms with E-state index in [2.05, 4.69) is 13.8 Å². The summed E-state index contributed by atoms with van der Waals surface area (Å²) in [5, 5.41) is 10.1. The van der Waals surface area contributed by atoms with E-state index < -0.39 is 0 Å². The van der Waals surface area contributed by atoms with Gasteiger partial charge in [-0.05, 0) is 61.2 Å². The van der Waals surface area contributed by atoms with Crippen LogP contribution in [0.5, 0.6) is 0 Å². The van der Waals surface area contributed by atoms with Crippen molar-refractivity contribution in [3.63, 3.8) is 0 Å². The standard InChI is InChI=1S/C13H22O/c1-7(2)5-10(14)13-11-8-3-4-9(6-8)12(11)13/h7-14H,3-6H2,1-2H3. The van der Waals surface area contributed by atoms with E-state index in [1.807, 2.05) is 0 Å². The summed E-state index contributed by atoms with van der Waals surface area (Å²) in [6, 6.07) is 0. The molecule has 0 aromatic carbocycles. The van der Waals surface area contributed by atoms with E-state index in [4.69, 9.17) is 0 Å². The van der Waals surface area contributed by atoms with E-state index in [0.29, 0.717) is 11.8 Å². The molecule has 3 saturated carbocycles. The van der Waals surface area contributed by atoms with Crippen molar-refractivity contribution in [3.8, 4) is 0 Å². The van der Waals surface area contributed by atoms with Gasteiger partial charge in [0.15, 0.2) is 0 Å². The summed E-state index contributed by atoms with van der Waals surface area (Å²) in [6.07, 6.45) is 5.48. The Hall–Kier alpha value is -0.0400. The second-order valence-corrected chi connectivity index (χ2v) is 6.26. The van der Waals surface area contributed by atoms with Crippen molar-refractivity contribution in [2.24, 2.45) is 35.5 Å². The van der Waals surface area contributed by atoms with Gasteiger partial charge in [0, 0.05) is 0 Å². The SMILES string of the molecule is CC(C)CC(O)C1C2C3CCC(C3)C12. The molecular weight excluding hydrogens is 172 g/mol. The quantitative estimate of drug-likeness (QED) is 0.732. The Morgan fingerprint density at radius 3 is 2.21 bits per heavy atom. The minimum Gasteiger partial charge on any atom is -0.393 e. The molecule has 0 amide bonds. The molecule has 0 aliphatic heterocycles. The van der Waals surface area contributed by atoms with E-state index in [1.165, 1.54) is 19.3 Å². The minimum atomic E-state index is 0.0217. The van der Waals surface area contributed by atoms with Crippen molar-refractivity contribution in [3.05, 3.63) is 0 Å². The molecule has 3 fully saturated rings. The Kier molecular flexibility index (Phi) is 1.96. The van der Waals surface area contributed by atoms with Crippen LogP contribution in [0.15, 0.2) is 0 Å². The van der Waals surface area contributed by atoms with E-state index in [9.17, 15) is 5.11 Å². The highest BCUT2D eigenvalue weighted by Gasteiger charge is 2.66. The molecule has 0 spiro atoms. The third-order valence-corrected chi connectivity index (χ3v) is 4.95. The van der Waals surface area contributed by atoms with Gasteiger partial charge in [-0.25, -0.2) is 0 Å². The lowest BCUT2D eigenvalue weighted by Gasteiger charge is -2.16. The lowest BCUT2D eigenvalue weighted by molar-refractivity contribution is 0.106. The predicted molar refractivity (Wildman–Crippen MR) is 56.8 cm³/mol. The molecule has 0 radical (unpaired) electrons. The van der Waals surface area contributed by atoms with E-state index in [0.717, 1.165) is 30.1 Å². The zero-order chi connectivity index (χ0) is 9.87. The Morgan fingerprint density at radius 1 is 1.14 bits per heavy atom. The van der Waals surface area contributed by atoms with Gasteiger partial charge in [-0.1, -0.05) is 13.8 Å². The molecule has 80 valence electrons. The van der Waals surface area contributed by atoms with Gasteiger partial charge in [0.1, 0.15) is 0 Å². The summed E-state index contributed by atoms with van der Waals surface area (Å²) < 4.78 is 0. The Labute approximate surface area is 86.9 Å². The van der Waals surface area contributed by atoms with Crippen LogP contribution in [0.25, 0.3) is 0 Å². The summed E-state index contributed by atoms with van der Waals surface area (Å²) in [5.74, 6) is 5.28. The highest BCUT2D eigenvalue weighted by Crippen LogP contribution is 2.70. The van der Waals surface area contributed by atoms with Crippen LogP contribution in [0.3, 0.4) is 0 Å². The van der Waals surface area contributed by atoms with Gasteiger partial charge in [0.2, 0.25) is 0 Å². The van der Waals surface area contributed by atoms with Gasteiger partial charge in [0.05, 0.1) is 6.10 Å². The molecule has 1 N–H and O–H groups in total. The van der Waals surface area contributed by atoms with E-state index >= 15 is 0 Å². The summed E-state index contributed by atoms with van der Waals surface area (Å²) in [6.45, 7) is 4.44. The molecule has 3 aliphatic rings. The number of fused-ring (bicyclic) bond motifs is 5. The number of hydrogen-bond donors (Lipinski definition) is 1. The van der Waals surface area contributed by atoms with E-state index in [-0.39, 0.29) is 6.10 Å². The first kappa shape index (κ1) is 9.21. The Morgan fingerprint density at radius 2 is 1.71 bits per heavy atom.